The Labute approximate surface area is 145 Å². The number of rotatable bonds is 7. The van der Waals surface area contributed by atoms with Crippen LogP contribution in [-0.2, 0) is 16.1 Å². The van der Waals surface area contributed by atoms with Gasteiger partial charge < -0.3 is 20.3 Å². The first-order valence-corrected chi connectivity index (χ1v) is 8.10. The maximum absolute atomic E-state index is 11.6. The molecule has 1 rings (SSSR count). The lowest BCUT2D eigenvalue weighted by Gasteiger charge is -2.03. The van der Waals surface area contributed by atoms with Gasteiger partial charge in [-0.05, 0) is 11.4 Å². The molecule has 0 aliphatic rings. The summed E-state index contributed by atoms with van der Waals surface area (Å²) in [7, 11) is 0. The molecule has 0 aromatic carbocycles. The van der Waals surface area contributed by atoms with Gasteiger partial charge in [-0.2, -0.15) is 24.9 Å². The van der Waals surface area contributed by atoms with Crippen LogP contribution in [0.2, 0.25) is 0 Å². The highest BCUT2D eigenvalue weighted by molar-refractivity contribution is 7.98. The Morgan fingerprint density at radius 1 is 1.40 bits per heavy atom. The highest BCUT2D eigenvalue weighted by Gasteiger charge is 2.28. The number of aryl methyl sites for hydroxylation is 1. The number of halogens is 3. The summed E-state index contributed by atoms with van der Waals surface area (Å²) in [5.74, 6) is -3.18. The van der Waals surface area contributed by atoms with Crippen LogP contribution in [0.25, 0.3) is 0 Å². The van der Waals surface area contributed by atoms with Gasteiger partial charge in [0.25, 0.3) is 5.91 Å². The minimum absolute atomic E-state index is 0.0108. The van der Waals surface area contributed by atoms with Crippen LogP contribution in [0, 0.1) is 0 Å². The molecule has 2 N–H and O–H groups in total. The van der Waals surface area contributed by atoms with Crippen molar-refractivity contribution in [2.75, 3.05) is 18.6 Å². The van der Waals surface area contributed by atoms with Gasteiger partial charge in [-0.15, -0.1) is 0 Å². The summed E-state index contributed by atoms with van der Waals surface area (Å²) in [6, 6.07) is 1.63. The molecule has 1 aromatic rings. The van der Waals surface area contributed by atoms with Crippen LogP contribution in [0.1, 0.15) is 16.8 Å². The van der Waals surface area contributed by atoms with E-state index < -0.39 is 18.1 Å². The number of carboxylic acid groups (broad SMARTS) is 2. The standard InChI is InChI=1S/C11H15N3O3S.C2HF3O2/c1-18-7-4-12-11(17)9-2-5-14(13-8-9)6-3-10(15)16;3-2(4,5)1(6)7/h2,5,8H,3-4,6-7H2,1H3,(H-,12,15,16,17);(H,6,7). The number of hydrogen-bond acceptors (Lipinski definition) is 6. The van der Waals surface area contributed by atoms with Crippen LogP contribution in [0.5, 0.6) is 0 Å². The summed E-state index contributed by atoms with van der Waals surface area (Å²) >= 11 is 1.66. The molecule has 0 unspecified atom stereocenters. The van der Waals surface area contributed by atoms with Crippen molar-refractivity contribution in [2.45, 2.75) is 19.1 Å². The van der Waals surface area contributed by atoms with Gasteiger partial charge in [0, 0.05) is 18.4 Å². The number of carbonyl (C=O) groups is 3. The lowest BCUT2D eigenvalue weighted by atomic mass is 10.3. The van der Waals surface area contributed by atoms with Gasteiger partial charge in [0.15, 0.2) is 12.7 Å². The second-order valence-corrected chi connectivity index (χ2v) is 5.34. The van der Waals surface area contributed by atoms with Gasteiger partial charge in [-0.3, -0.25) is 9.59 Å². The van der Waals surface area contributed by atoms with Crippen LogP contribution in [0.4, 0.5) is 13.2 Å². The third-order valence-corrected chi connectivity index (χ3v) is 3.02. The maximum atomic E-state index is 11.6. The fourth-order valence-electron chi connectivity index (χ4n) is 1.23. The van der Waals surface area contributed by atoms with Gasteiger partial charge in [0.05, 0.1) is 5.56 Å². The molecule has 0 spiro atoms. The number of hydrogen-bond donors (Lipinski definition) is 2. The van der Waals surface area contributed by atoms with E-state index in [0.717, 1.165) is 5.75 Å². The third kappa shape index (κ3) is 10.9. The molecule has 25 heavy (non-hydrogen) atoms. The number of carbonyl (C=O) groups excluding carboxylic acids is 2. The normalized spacial score (nSPS) is 10.4. The van der Waals surface area contributed by atoms with E-state index in [2.05, 4.69) is 10.4 Å². The summed E-state index contributed by atoms with van der Waals surface area (Å²) in [6.07, 6.45) is -0.165. The van der Waals surface area contributed by atoms with Crippen molar-refractivity contribution in [1.29, 1.82) is 0 Å². The molecule has 0 aliphatic carbocycles. The zero-order chi connectivity index (χ0) is 19.5. The van der Waals surface area contributed by atoms with E-state index in [9.17, 15) is 22.8 Å². The van der Waals surface area contributed by atoms with Gasteiger partial charge in [-0.1, -0.05) is 4.68 Å². The van der Waals surface area contributed by atoms with E-state index in [1.54, 1.807) is 24.0 Å². The van der Waals surface area contributed by atoms with Crippen molar-refractivity contribution in [2.24, 2.45) is 0 Å². The number of nitrogens with zero attached hydrogens (tertiary/aromatic N) is 2. The highest BCUT2D eigenvalue weighted by Crippen LogP contribution is 2.11. The van der Waals surface area contributed by atoms with Crippen molar-refractivity contribution in [1.82, 2.24) is 10.4 Å². The highest BCUT2D eigenvalue weighted by atomic mass is 32.2. The average molecular weight is 383 g/mol. The summed E-state index contributed by atoms with van der Waals surface area (Å²) in [5.41, 5.74) is 0.475. The van der Waals surface area contributed by atoms with E-state index in [1.807, 2.05) is 6.26 Å². The Kier molecular flexibility index (Phi) is 10.2. The summed E-state index contributed by atoms with van der Waals surface area (Å²) in [4.78, 5) is 30.8. The Morgan fingerprint density at radius 3 is 2.40 bits per heavy atom. The SMILES string of the molecule is CSCCNC(=O)c1cc[n+](CCC(=O)O)nc1.O=C([O-])C(F)(F)F. The molecule has 12 heteroatoms. The van der Waals surface area contributed by atoms with Crippen molar-refractivity contribution in [3.05, 3.63) is 24.0 Å². The summed E-state index contributed by atoms with van der Waals surface area (Å²) < 4.78 is 33.0. The first-order chi connectivity index (χ1) is 11.6. The van der Waals surface area contributed by atoms with Crippen molar-refractivity contribution >= 4 is 29.6 Å². The van der Waals surface area contributed by atoms with Crippen LogP contribution in [0.15, 0.2) is 18.5 Å². The molecule has 0 radical (unpaired) electrons. The fourth-order valence-corrected chi connectivity index (χ4v) is 1.54. The zero-order valence-electron chi connectivity index (χ0n) is 13.1. The topological polar surface area (TPSA) is 123 Å². The smallest absolute Gasteiger partial charge is 0.430 e. The van der Waals surface area contributed by atoms with E-state index in [-0.39, 0.29) is 12.3 Å². The lowest BCUT2D eigenvalue weighted by molar-refractivity contribution is -0.753. The lowest BCUT2D eigenvalue weighted by Crippen LogP contribution is -2.39. The van der Waals surface area contributed by atoms with Gasteiger partial charge >= 0.3 is 12.1 Å². The molecule has 0 bridgehead atoms. The number of carboxylic acids is 2. The molecule has 0 saturated heterocycles. The Bertz CT molecular complexity index is 581. The molecule has 1 amide bonds. The Balaban J connectivity index is 0.000000697. The van der Waals surface area contributed by atoms with Gasteiger partial charge in [0.1, 0.15) is 18.6 Å². The number of thioether (sulfide) groups is 1. The minimum atomic E-state index is -5.19. The first-order valence-electron chi connectivity index (χ1n) is 6.70. The average Bonchev–Trinajstić information content (AvgIpc) is 2.53. The molecule has 1 heterocycles. The zero-order valence-corrected chi connectivity index (χ0v) is 13.9. The van der Waals surface area contributed by atoms with Crippen molar-refractivity contribution in [3.63, 3.8) is 0 Å². The van der Waals surface area contributed by atoms with Crippen LogP contribution < -0.4 is 15.1 Å². The molecule has 140 valence electrons. The maximum Gasteiger partial charge on any atom is 0.430 e. The second-order valence-electron chi connectivity index (χ2n) is 4.36. The van der Waals surface area contributed by atoms with Crippen LogP contribution in [0.3, 0.4) is 0 Å². The number of amides is 1. The Hall–Kier alpha value is -2.37. The van der Waals surface area contributed by atoms with E-state index in [4.69, 9.17) is 15.0 Å². The van der Waals surface area contributed by atoms with E-state index in [0.29, 0.717) is 18.7 Å². The first kappa shape index (κ1) is 22.6. The predicted octanol–water partition coefficient (Wildman–Crippen LogP) is -0.765. The van der Waals surface area contributed by atoms with Crippen molar-refractivity contribution < 1.29 is 42.4 Å². The Morgan fingerprint density at radius 2 is 2.00 bits per heavy atom. The monoisotopic (exact) mass is 383 g/mol. The largest absolute Gasteiger partial charge is 0.542 e. The third-order valence-electron chi connectivity index (χ3n) is 2.41. The number of nitrogens with one attached hydrogen (secondary N) is 1. The quantitative estimate of drug-likeness (QED) is 0.468. The van der Waals surface area contributed by atoms with Crippen LogP contribution in [-0.4, -0.2) is 52.8 Å². The molecule has 0 saturated carbocycles. The number of aromatic nitrogens is 2. The number of aliphatic carboxylic acids is 2. The second kappa shape index (κ2) is 11.2. The molecular formula is C13H16F3N3O5S. The fraction of sp³-hybridized carbons (Fsp3) is 0.462. The van der Waals surface area contributed by atoms with Gasteiger partial charge in [-0.25, -0.2) is 0 Å². The summed E-state index contributed by atoms with van der Waals surface area (Å²) in [6.45, 7) is 0.914. The van der Waals surface area contributed by atoms with Gasteiger partial charge in [0.2, 0.25) is 0 Å². The minimum Gasteiger partial charge on any atom is -0.542 e. The number of alkyl halides is 3. The molecular weight excluding hydrogens is 367 g/mol. The van der Waals surface area contributed by atoms with E-state index >= 15 is 0 Å². The predicted molar refractivity (Wildman–Crippen MR) is 78.5 cm³/mol. The van der Waals surface area contributed by atoms with Crippen molar-refractivity contribution in [3.8, 4) is 0 Å². The molecule has 0 fully saturated rings. The molecule has 0 atom stereocenters. The summed E-state index contributed by atoms with van der Waals surface area (Å²) in [5, 5.41) is 24.1. The molecule has 0 aliphatic heterocycles. The molecule has 8 nitrogen and oxygen atoms in total. The van der Waals surface area contributed by atoms with E-state index in [1.165, 1.54) is 10.9 Å². The van der Waals surface area contributed by atoms with Crippen LogP contribution >= 0.6 is 11.8 Å². The molecule has 1 aromatic heterocycles.